The number of rotatable bonds is 3. The molecule has 8 heteroatoms. The number of aryl methyl sites for hydroxylation is 1. The highest BCUT2D eigenvalue weighted by atomic mass is 35.5. The first-order valence-corrected chi connectivity index (χ1v) is 11.7. The molecule has 156 valence electrons. The number of carbonyl (C=O) groups is 2. The molecular weight excluding hydrogens is 426 g/mol. The predicted molar refractivity (Wildman–Crippen MR) is 114 cm³/mol. The van der Waals surface area contributed by atoms with Gasteiger partial charge >= 0.3 is 0 Å². The fourth-order valence-corrected chi connectivity index (χ4v) is 5.90. The number of halogens is 1. The second-order valence-electron chi connectivity index (χ2n) is 7.68. The first kappa shape index (κ1) is 20.6. The van der Waals surface area contributed by atoms with Gasteiger partial charge in [0.15, 0.2) is 9.84 Å². The fraction of sp³-hybridized carbons (Fsp3) is 0.273. The molecule has 2 heterocycles. The number of likely N-dealkylation sites (tertiary alicyclic amines) is 1. The van der Waals surface area contributed by atoms with Crippen molar-refractivity contribution in [2.75, 3.05) is 11.5 Å². The molecule has 0 radical (unpaired) electrons. The summed E-state index contributed by atoms with van der Waals surface area (Å²) in [4.78, 5) is 27.3. The number of carbonyl (C=O) groups excluding carboxylic acids is 2. The summed E-state index contributed by atoms with van der Waals surface area (Å²) in [6.45, 7) is 1.90. The molecule has 1 N–H and O–H groups in total. The van der Waals surface area contributed by atoms with Crippen molar-refractivity contribution in [2.45, 2.75) is 25.4 Å². The van der Waals surface area contributed by atoms with Gasteiger partial charge in [-0.2, -0.15) is 0 Å². The number of sulfone groups is 1. The largest absolute Gasteiger partial charge is 0.507 e. The summed E-state index contributed by atoms with van der Waals surface area (Å²) in [5.74, 6) is -2.14. The number of aliphatic hydroxyl groups is 1. The Morgan fingerprint density at radius 1 is 1.07 bits per heavy atom. The molecule has 0 aromatic heterocycles. The molecule has 6 nitrogen and oxygen atoms in total. The van der Waals surface area contributed by atoms with Gasteiger partial charge in [0.05, 0.1) is 23.1 Å². The van der Waals surface area contributed by atoms with Crippen LogP contribution in [0.25, 0.3) is 5.76 Å². The van der Waals surface area contributed by atoms with Crippen LogP contribution in [0.2, 0.25) is 5.02 Å². The molecule has 30 heavy (non-hydrogen) atoms. The lowest BCUT2D eigenvalue weighted by Crippen LogP contribution is -2.40. The minimum absolute atomic E-state index is 0.0357. The Labute approximate surface area is 179 Å². The van der Waals surface area contributed by atoms with E-state index in [1.807, 2.05) is 6.92 Å². The lowest BCUT2D eigenvalue weighted by Gasteiger charge is -2.30. The van der Waals surface area contributed by atoms with Gasteiger partial charge in [-0.1, -0.05) is 53.6 Å². The third-order valence-electron chi connectivity index (χ3n) is 5.59. The van der Waals surface area contributed by atoms with E-state index in [0.717, 1.165) is 5.56 Å². The van der Waals surface area contributed by atoms with E-state index in [1.54, 1.807) is 48.5 Å². The van der Waals surface area contributed by atoms with E-state index in [0.29, 0.717) is 16.1 Å². The number of benzene rings is 2. The van der Waals surface area contributed by atoms with E-state index >= 15 is 0 Å². The molecule has 2 saturated heterocycles. The van der Waals surface area contributed by atoms with Crippen LogP contribution in [0.3, 0.4) is 0 Å². The molecule has 2 unspecified atom stereocenters. The maximum absolute atomic E-state index is 13.0. The number of hydrogen-bond acceptors (Lipinski definition) is 5. The molecule has 0 bridgehead atoms. The van der Waals surface area contributed by atoms with Gasteiger partial charge in [0.1, 0.15) is 5.76 Å². The number of nitrogens with zero attached hydrogens (tertiary/aromatic N) is 1. The molecule has 2 aromatic carbocycles. The Balaban J connectivity index is 1.88. The van der Waals surface area contributed by atoms with Crippen molar-refractivity contribution in [3.8, 4) is 0 Å². The van der Waals surface area contributed by atoms with E-state index in [4.69, 9.17) is 11.6 Å². The first-order valence-electron chi connectivity index (χ1n) is 9.51. The molecule has 0 saturated carbocycles. The second kappa shape index (κ2) is 7.56. The summed E-state index contributed by atoms with van der Waals surface area (Å²) in [6.07, 6.45) is 0.254. The fourth-order valence-electron chi connectivity index (χ4n) is 4.06. The molecule has 1 amide bonds. The minimum Gasteiger partial charge on any atom is -0.507 e. The van der Waals surface area contributed by atoms with Crippen LogP contribution < -0.4 is 0 Å². The number of ketones is 1. The van der Waals surface area contributed by atoms with Gasteiger partial charge < -0.3 is 10.0 Å². The maximum Gasteiger partial charge on any atom is 0.295 e. The van der Waals surface area contributed by atoms with Gasteiger partial charge in [0.25, 0.3) is 11.7 Å². The topological polar surface area (TPSA) is 91.8 Å². The van der Waals surface area contributed by atoms with Crippen LogP contribution in [-0.2, 0) is 19.4 Å². The number of amides is 1. The van der Waals surface area contributed by atoms with Crippen molar-refractivity contribution >= 4 is 38.9 Å². The van der Waals surface area contributed by atoms with Crippen molar-refractivity contribution in [3.63, 3.8) is 0 Å². The third-order valence-corrected chi connectivity index (χ3v) is 7.59. The smallest absolute Gasteiger partial charge is 0.295 e. The summed E-state index contributed by atoms with van der Waals surface area (Å²) >= 11 is 6.00. The van der Waals surface area contributed by atoms with Gasteiger partial charge in [0, 0.05) is 16.6 Å². The lowest BCUT2D eigenvalue weighted by atomic mass is 9.94. The molecule has 2 fully saturated rings. The van der Waals surface area contributed by atoms with E-state index in [-0.39, 0.29) is 29.3 Å². The summed E-state index contributed by atoms with van der Waals surface area (Å²) in [5, 5.41) is 11.5. The maximum atomic E-state index is 13.0. The highest BCUT2D eigenvalue weighted by molar-refractivity contribution is 7.91. The Morgan fingerprint density at radius 2 is 1.70 bits per heavy atom. The van der Waals surface area contributed by atoms with Crippen LogP contribution in [0.1, 0.15) is 29.2 Å². The van der Waals surface area contributed by atoms with Crippen LogP contribution in [0.5, 0.6) is 0 Å². The van der Waals surface area contributed by atoms with Crippen molar-refractivity contribution < 1.29 is 23.1 Å². The molecule has 2 aromatic rings. The zero-order valence-corrected chi connectivity index (χ0v) is 17.8. The standard InChI is InChI=1S/C22H20ClNO5S/c1-13-2-4-15(5-3-13)20(25)18-19(14-6-8-16(23)9-7-14)24(22(27)21(18)26)17-10-11-30(28,29)12-17/h2-9,17,19,25H,10-12H2,1H3/b20-18+. The van der Waals surface area contributed by atoms with Gasteiger partial charge in [-0.25, -0.2) is 8.42 Å². The van der Waals surface area contributed by atoms with E-state index in [1.165, 1.54) is 4.90 Å². The van der Waals surface area contributed by atoms with Crippen LogP contribution in [0, 0.1) is 6.92 Å². The zero-order chi connectivity index (χ0) is 21.6. The van der Waals surface area contributed by atoms with Gasteiger partial charge in [0.2, 0.25) is 0 Å². The normalized spacial score (nSPS) is 25.1. The monoisotopic (exact) mass is 445 g/mol. The van der Waals surface area contributed by atoms with Gasteiger partial charge in [-0.3, -0.25) is 9.59 Å². The Hall–Kier alpha value is -2.64. The van der Waals surface area contributed by atoms with Crippen molar-refractivity contribution in [1.82, 2.24) is 4.90 Å². The third kappa shape index (κ3) is 3.63. The highest BCUT2D eigenvalue weighted by Crippen LogP contribution is 2.42. The molecular formula is C22H20ClNO5S. The Kier molecular flexibility index (Phi) is 5.20. The summed E-state index contributed by atoms with van der Waals surface area (Å²) in [7, 11) is -3.29. The number of hydrogen-bond donors (Lipinski definition) is 1. The Bertz CT molecular complexity index is 1150. The van der Waals surface area contributed by atoms with Crippen LogP contribution in [0.4, 0.5) is 0 Å². The molecule has 2 atom stereocenters. The van der Waals surface area contributed by atoms with Crippen LogP contribution in [0.15, 0.2) is 54.1 Å². The van der Waals surface area contributed by atoms with E-state index in [2.05, 4.69) is 0 Å². The number of Topliss-reactive ketones (excluding diaryl/α,β-unsaturated/α-hetero) is 1. The van der Waals surface area contributed by atoms with E-state index < -0.39 is 33.6 Å². The molecule has 2 aliphatic heterocycles. The van der Waals surface area contributed by atoms with Gasteiger partial charge in [-0.05, 0) is 31.0 Å². The van der Waals surface area contributed by atoms with Crippen LogP contribution >= 0.6 is 11.6 Å². The van der Waals surface area contributed by atoms with Crippen molar-refractivity contribution in [1.29, 1.82) is 0 Å². The second-order valence-corrected chi connectivity index (χ2v) is 10.3. The first-order chi connectivity index (χ1) is 14.2. The molecule has 0 aliphatic carbocycles. The Morgan fingerprint density at radius 3 is 2.27 bits per heavy atom. The SMILES string of the molecule is Cc1ccc(/C(O)=C2\C(=O)C(=O)N(C3CCS(=O)(=O)C3)C2c2ccc(Cl)cc2)cc1. The predicted octanol–water partition coefficient (Wildman–Crippen LogP) is 3.26. The van der Waals surface area contributed by atoms with E-state index in [9.17, 15) is 23.1 Å². The summed E-state index contributed by atoms with van der Waals surface area (Å²) < 4.78 is 24.1. The average molecular weight is 446 g/mol. The van der Waals surface area contributed by atoms with Crippen LogP contribution in [-0.4, -0.2) is 47.7 Å². The highest BCUT2D eigenvalue weighted by Gasteiger charge is 2.50. The lowest BCUT2D eigenvalue weighted by molar-refractivity contribution is -0.141. The zero-order valence-electron chi connectivity index (χ0n) is 16.2. The summed E-state index contributed by atoms with van der Waals surface area (Å²) in [5.41, 5.74) is 1.93. The van der Waals surface area contributed by atoms with Gasteiger partial charge in [-0.15, -0.1) is 0 Å². The average Bonchev–Trinajstić information content (AvgIpc) is 3.19. The summed E-state index contributed by atoms with van der Waals surface area (Å²) in [6, 6.07) is 12.1. The molecule has 2 aliphatic rings. The number of aliphatic hydroxyl groups excluding tert-OH is 1. The minimum atomic E-state index is -3.29. The van der Waals surface area contributed by atoms with Crippen molar-refractivity contribution in [3.05, 3.63) is 75.8 Å². The molecule has 4 rings (SSSR count). The molecule has 0 spiro atoms. The quantitative estimate of drug-likeness (QED) is 0.444. The van der Waals surface area contributed by atoms with Crippen molar-refractivity contribution in [2.24, 2.45) is 0 Å².